The Hall–Kier alpha value is -1.55. The molecule has 1 aliphatic heterocycles. The molecule has 110 valence electrons. The predicted octanol–water partition coefficient (Wildman–Crippen LogP) is 1.71. The Morgan fingerprint density at radius 2 is 2.05 bits per heavy atom. The van der Waals surface area contributed by atoms with Crippen molar-refractivity contribution in [3.63, 3.8) is 0 Å². The highest BCUT2D eigenvalue weighted by Crippen LogP contribution is 2.21. The molecule has 2 unspecified atom stereocenters. The highest BCUT2D eigenvalue weighted by molar-refractivity contribution is 5.81. The molecule has 1 aromatic rings. The van der Waals surface area contributed by atoms with E-state index in [-0.39, 0.29) is 11.9 Å². The number of likely N-dealkylation sites (N-methyl/N-ethyl adjacent to an activating group) is 1. The van der Waals surface area contributed by atoms with Gasteiger partial charge < -0.3 is 15.5 Å². The molecule has 0 saturated carbocycles. The van der Waals surface area contributed by atoms with Crippen LogP contribution in [-0.2, 0) is 4.79 Å². The van der Waals surface area contributed by atoms with Crippen LogP contribution in [0.3, 0.4) is 0 Å². The number of para-hydroxylation sites is 1. The lowest BCUT2D eigenvalue weighted by Crippen LogP contribution is -2.39. The van der Waals surface area contributed by atoms with Crippen molar-refractivity contribution in [2.45, 2.75) is 25.8 Å². The third kappa shape index (κ3) is 3.51. The van der Waals surface area contributed by atoms with Crippen molar-refractivity contribution in [1.82, 2.24) is 4.90 Å². The van der Waals surface area contributed by atoms with Crippen LogP contribution in [0.15, 0.2) is 30.3 Å². The van der Waals surface area contributed by atoms with E-state index in [4.69, 9.17) is 5.73 Å². The van der Waals surface area contributed by atoms with Crippen LogP contribution in [-0.4, -0.2) is 43.5 Å². The van der Waals surface area contributed by atoms with Crippen LogP contribution in [0.5, 0.6) is 0 Å². The number of hydrogen-bond acceptors (Lipinski definition) is 3. The minimum atomic E-state index is 0.140. The molecule has 1 heterocycles. The number of nitrogens with two attached hydrogens (primary N) is 1. The molecule has 0 aromatic heterocycles. The monoisotopic (exact) mass is 275 g/mol. The van der Waals surface area contributed by atoms with E-state index in [2.05, 4.69) is 6.92 Å². The van der Waals surface area contributed by atoms with Gasteiger partial charge >= 0.3 is 0 Å². The lowest BCUT2D eigenvalue weighted by atomic mass is 9.99. The van der Waals surface area contributed by atoms with Crippen LogP contribution in [0.4, 0.5) is 5.69 Å². The van der Waals surface area contributed by atoms with E-state index in [1.54, 1.807) is 0 Å². The topological polar surface area (TPSA) is 49.6 Å². The highest BCUT2D eigenvalue weighted by atomic mass is 16.2. The largest absolute Gasteiger partial charge is 0.365 e. The summed E-state index contributed by atoms with van der Waals surface area (Å²) in [5, 5.41) is 0. The number of hydrogen-bond donors (Lipinski definition) is 1. The van der Waals surface area contributed by atoms with Crippen LogP contribution in [0, 0.1) is 5.92 Å². The first kappa shape index (κ1) is 14.9. The van der Waals surface area contributed by atoms with Crippen molar-refractivity contribution < 1.29 is 4.79 Å². The third-order valence-corrected chi connectivity index (χ3v) is 4.07. The van der Waals surface area contributed by atoms with Crippen LogP contribution in [0.1, 0.15) is 19.8 Å². The summed E-state index contributed by atoms with van der Waals surface area (Å²) in [5.74, 6) is 0.636. The average Bonchev–Trinajstić information content (AvgIpc) is 2.82. The van der Waals surface area contributed by atoms with Crippen molar-refractivity contribution in [2.75, 3.05) is 31.6 Å². The van der Waals surface area contributed by atoms with Crippen molar-refractivity contribution in [3.8, 4) is 0 Å². The number of carbonyl (C=O) groups excluding carboxylic acids is 1. The molecule has 4 nitrogen and oxygen atoms in total. The van der Waals surface area contributed by atoms with Gasteiger partial charge in [0, 0.05) is 31.9 Å². The fourth-order valence-corrected chi connectivity index (χ4v) is 2.85. The highest BCUT2D eigenvalue weighted by Gasteiger charge is 2.32. The third-order valence-electron chi connectivity index (χ3n) is 4.07. The molecule has 0 aliphatic carbocycles. The van der Waals surface area contributed by atoms with E-state index in [1.165, 1.54) is 0 Å². The van der Waals surface area contributed by atoms with Crippen LogP contribution >= 0.6 is 0 Å². The summed E-state index contributed by atoms with van der Waals surface area (Å²) in [6.45, 7) is 4.10. The maximum Gasteiger partial charge on any atom is 0.242 e. The molecular formula is C16H25N3O. The van der Waals surface area contributed by atoms with Crippen molar-refractivity contribution in [3.05, 3.63) is 30.3 Å². The minimum Gasteiger partial charge on any atom is -0.365 e. The Bertz CT molecular complexity index is 435. The van der Waals surface area contributed by atoms with Crippen molar-refractivity contribution in [1.29, 1.82) is 0 Å². The molecular weight excluding hydrogens is 250 g/mol. The Morgan fingerprint density at radius 3 is 2.70 bits per heavy atom. The lowest BCUT2D eigenvalue weighted by Gasteiger charge is -2.23. The van der Waals surface area contributed by atoms with Crippen LogP contribution < -0.4 is 10.6 Å². The van der Waals surface area contributed by atoms with Gasteiger partial charge in [-0.2, -0.15) is 0 Å². The number of nitrogens with zero attached hydrogens (tertiary/aromatic N) is 2. The van der Waals surface area contributed by atoms with Gasteiger partial charge in [0.1, 0.15) is 0 Å². The maximum absolute atomic E-state index is 12.4. The number of rotatable bonds is 5. The standard InChI is InChI=1S/C16H25N3O/c1-3-7-13-10-19(11-15(13)17)16(20)12-18(2)14-8-5-4-6-9-14/h4-6,8-9,13,15H,3,7,10-12,17H2,1-2H3. The second-order valence-corrected chi connectivity index (χ2v) is 5.70. The molecule has 1 saturated heterocycles. The zero-order chi connectivity index (χ0) is 14.5. The van der Waals surface area contributed by atoms with Crippen molar-refractivity contribution in [2.24, 2.45) is 11.7 Å². The first-order chi connectivity index (χ1) is 9.61. The van der Waals surface area contributed by atoms with E-state index in [9.17, 15) is 4.79 Å². The summed E-state index contributed by atoms with van der Waals surface area (Å²) in [4.78, 5) is 16.3. The Morgan fingerprint density at radius 1 is 1.35 bits per heavy atom. The van der Waals surface area contributed by atoms with E-state index in [1.807, 2.05) is 47.2 Å². The molecule has 1 aliphatic rings. The van der Waals surface area contributed by atoms with Gasteiger partial charge in [0.15, 0.2) is 0 Å². The minimum absolute atomic E-state index is 0.140. The van der Waals surface area contributed by atoms with Gasteiger partial charge in [-0.3, -0.25) is 4.79 Å². The van der Waals surface area contributed by atoms with Gasteiger partial charge in [0.05, 0.1) is 6.54 Å². The van der Waals surface area contributed by atoms with Gasteiger partial charge in [0.2, 0.25) is 5.91 Å². The first-order valence-electron chi connectivity index (χ1n) is 7.41. The molecule has 1 aromatic carbocycles. The Labute approximate surface area is 121 Å². The fraction of sp³-hybridized carbons (Fsp3) is 0.562. The quantitative estimate of drug-likeness (QED) is 0.890. The zero-order valence-corrected chi connectivity index (χ0v) is 12.5. The number of carbonyl (C=O) groups is 1. The van der Waals surface area contributed by atoms with Gasteiger partial charge in [-0.25, -0.2) is 0 Å². The van der Waals surface area contributed by atoms with E-state index in [0.717, 1.165) is 25.1 Å². The van der Waals surface area contributed by atoms with Gasteiger partial charge in [-0.1, -0.05) is 31.5 Å². The van der Waals surface area contributed by atoms with Crippen LogP contribution in [0.25, 0.3) is 0 Å². The number of likely N-dealkylation sites (tertiary alicyclic amines) is 1. The molecule has 20 heavy (non-hydrogen) atoms. The van der Waals surface area contributed by atoms with Crippen LogP contribution in [0.2, 0.25) is 0 Å². The van der Waals surface area contributed by atoms with E-state index in [0.29, 0.717) is 19.0 Å². The zero-order valence-electron chi connectivity index (χ0n) is 12.5. The van der Waals surface area contributed by atoms with Gasteiger partial charge in [-0.15, -0.1) is 0 Å². The molecule has 4 heteroatoms. The van der Waals surface area contributed by atoms with Gasteiger partial charge in [0.25, 0.3) is 0 Å². The summed E-state index contributed by atoms with van der Waals surface area (Å²) in [5.41, 5.74) is 7.19. The summed E-state index contributed by atoms with van der Waals surface area (Å²) < 4.78 is 0. The molecule has 0 radical (unpaired) electrons. The smallest absolute Gasteiger partial charge is 0.242 e. The van der Waals surface area contributed by atoms with E-state index < -0.39 is 0 Å². The van der Waals surface area contributed by atoms with Gasteiger partial charge in [-0.05, 0) is 24.5 Å². The lowest BCUT2D eigenvalue weighted by molar-refractivity contribution is -0.128. The molecule has 2 rings (SSSR count). The summed E-state index contributed by atoms with van der Waals surface area (Å²) in [6.07, 6.45) is 2.24. The molecule has 2 atom stereocenters. The van der Waals surface area contributed by atoms with Crippen molar-refractivity contribution >= 4 is 11.6 Å². The summed E-state index contributed by atoms with van der Waals surface area (Å²) in [7, 11) is 1.95. The molecule has 1 amide bonds. The number of benzene rings is 1. The molecule has 0 spiro atoms. The fourth-order valence-electron chi connectivity index (χ4n) is 2.85. The maximum atomic E-state index is 12.4. The first-order valence-corrected chi connectivity index (χ1v) is 7.41. The Kier molecular flexibility index (Phi) is 5.01. The Balaban J connectivity index is 1.89. The molecule has 1 fully saturated rings. The molecule has 0 bridgehead atoms. The number of amides is 1. The predicted molar refractivity (Wildman–Crippen MR) is 82.7 cm³/mol. The average molecular weight is 275 g/mol. The molecule has 2 N–H and O–H groups in total. The second-order valence-electron chi connectivity index (χ2n) is 5.70. The SMILES string of the molecule is CCCC1CN(C(=O)CN(C)c2ccccc2)CC1N. The summed E-state index contributed by atoms with van der Waals surface area (Å²) in [6, 6.07) is 10.1. The number of anilines is 1. The van der Waals surface area contributed by atoms with E-state index >= 15 is 0 Å². The normalized spacial score (nSPS) is 22.1. The second kappa shape index (κ2) is 6.75. The summed E-state index contributed by atoms with van der Waals surface area (Å²) >= 11 is 0.